The fraction of sp³-hybridized carbons (Fsp3) is 0.571. The molecule has 1 aromatic rings. The van der Waals surface area contributed by atoms with Gasteiger partial charge in [0.25, 0.3) is 5.91 Å². The van der Waals surface area contributed by atoms with E-state index in [9.17, 15) is 14.4 Å². The summed E-state index contributed by atoms with van der Waals surface area (Å²) in [5, 5.41) is 9.42. The van der Waals surface area contributed by atoms with Crippen molar-refractivity contribution < 1.29 is 14.4 Å². The maximum Gasteiger partial charge on any atom is 0.325 e. The molecule has 118 valence electrons. The average molecular weight is 305 g/mol. The number of H-pyrrole nitrogens is 1. The minimum Gasteiger partial charge on any atom is -0.333 e. The van der Waals surface area contributed by atoms with Crippen LogP contribution in [0.2, 0.25) is 0 Å². The first-order chi connectivity index (χ1) is 10.6. The number of piperidine rings is 1. The third-order valence-corrected chi connectivity index (χ3v) is 4.25. The zero-order valence-electron chi connectivity index (χ0n) is 12.5. The van der Waals surface area contributed by atoms with Crippen molar-refractivity contribution in [3.8, 4) is 0 Å². The van der Waals surface area contributed by atoms with Gasteiger partial charge in [0, 0.05) is 6.54 Å². The first-order valence-electron chi connectivity index (χ1n) is 7.45. The first kappa shape index (κ1) is 14.6. The second kappa shape index (κ2) is 5.78. The number of nitrogens with one attached hydrogen (secondary N) is 2. The van der Waals surface area contributed by atoms with Crippen LogP contribution in [0.3, 0.4) is 0 Å². The van der Waals surface area contributed by atoms with Gasteiger partial charge in [-0.3, -0.25) is 19.6 Å². The minimum absolute atomic E-state index is 0.0325. The number of aromatic nitrogens is 2. The zero-order chi connectivity index (χ0) is 15.7. The summed E-state index contributed by atoms with van der Waals surface area (Å²) in [4.78, 5) is 38.5. The quantitative estimate of drug-likeness (QED) is 0.786. The molecule has 1 atom stereocenters. The van der Waals surface area contributed by atoms with Crippen LogP contribution < -0.4 is 5.32 Å². The highest BCUT2D eigenvalue weighted by molar-refractivity contribution is 6.04. The number of carbonyl (C=O) groups is 3. The van der Waals surface area contributed by atoms with Crippen LogP contribution in [0, 0.1) is 6.92 Å². The van der Waals surface area contributed by atoms with E-state index >= 15 is 0 Å². The normalized spacial score (nSPS) is 22.1. The van der Waals surface area contributed by atoms with E-state index in [4.69, 9.17) is 0 Å². The second-order valence-corrected chi connectivity index (χ2v) is 5.70. The third kappa shape index (κ3) is 2.56. The van der Waals surface area contributed by atoms with Crippen LogP contribution in [0.25, 0.3) is 0 Å². The van der Waals surface area contributed by atoms with Crippen molar-refractivity contribution in [3.05, 3.63) is 17.5 Å². The molecule has 0 bridgehead atoms. The maximum atomic E-state index is 12.6. The van der Waals surface area contributed by atoms with Gasteiger partial charge in [0.2, 0.25) is 5.91 Å². The van der Waals surface area contributed by atoms with E-state index in [0.29, 0.717) is 6.54 Å². The molecule has 4 amide bonds. The number of nitrogens with zero attached hydrogens (tertiary/aromatic N) is 3. The molecule has 8 nitrogen and oxygen atoms in total. The van der Waals surface area contributed by atoms with Gasteiger partial charge in [-0.1, -0.05) is 0 Å². The lowest BCUT2D eigenvalue weighted by Gasteiger charge is -2.36. The maximum absolute atomic E-state index is 12.6. The molecule has 22 heavy (non-hydrogen) atoms. The molecule has 0 unspecified atom stereocenters. The number of carbonyl (C=O) groups excluding carboxylic acids is 3. The molecule has 0 radical (unpaired) electrons. The Hall–Kier alpha value is -2.38. The molecule has 3 rings (SSSR count). The number of aromatic amines is 1. The van der Waals surface area contributed by atoms with E-state index in [1.807, 2.05) is 6.92 Å². The van der Waals surface area contributed by atoms with E-state index < -0.39 is 6.03 Å². The van der Waals surface area contributed by atoms with Gasteiger partial charge in [-0.05, 0) is 31.7 Å². The van der Waals surface area contributed by atoms with Crippen LogP contribution in [0.4, 0.5) is 4.79 Å². The molecular weight excluding hydrogens is 286 g/mol. The second-order valence-electron chi connectivity index (χ2n) is 5.70. The molecule has 0 aliphatic carbocycles. The predicted octanol–water partition coefficient (Wildman–Crippen LogP) is 0.324. The number of aryl methyl sites for hydroxylation is 1. The average Bonchev–Trinajstić information content (AvgIpc) is 3.07. The van der Waals surface area contributed by atoms with Crippen molar-refractivity contribution >= 4 is 17.8 Å². The van der Waals surface area contributed by atoms with Crippen LogP contribution in [0.1, 0.15) is 36.6 Å². The number of amides is 4. The summed E-state index contributed by atoms with van der Waals surface area (Å²) < 4.78 is 0. The van der Waals surface area contributed by atoms with Gasteiger partial charge in [-0.2, -0.15) is 5.10 Å². The van der Waals surface area contributed by atoms with Crippen molar-refractivity contribution in [2.45, 2.75) is 32.2 Å². The third-order valence-electron chi connectivity index (χ3n) is 4.25. The van der Waals surface area contributed by atoms with Crippen molar-refractivity contribution in [3.63, 3.8) is 0 Å². The molecule has 8 heteroatoms. The smallest absolute Gasteiger partial charge is 0.325 e. The molecule has 1 aromatic heterocycles. The van der Waals surface area contributed by atoms with Crippen molar-refractivity contribution in [2.75, 3.05) is 19.6 Å². The highest BCUT2D eigenvalue weighted by atomic mass is 16.2. The minimum atomic E-state index is -0.496. The van der Waals surface area contributed by atoms with Crippen LogP contribution in [0.5, 0.6) is 0 Å². The zero-order valence-corrected chi connectivity index (χ0v) is 12.5. The number of rotatable bonds is 3. The molecule has 2 saturated heterocycles. The highest BCUT2D eigenvalue weighted by Gasteiger charge is 2.35. The van der Waals surface area contributed by atoms with E-state index in [1.165, 1.54) is 0 Å². The summed E-state index contributed by atoms with van der Waals surface area (Å²) in [6, 6.07) is -0.561. The molecule has 2 fully saturated rings. The molecule has 0 saturated carbocycles. The monoisotopic (exact) mass is 305 g/mol. The van der Waals surface area contributed by atoms with Crippen LogP contribution in [0.15, 0.2) is 6.20 Å². The number of likely N-dealkylation sites (tertiary alicyclic amines) is 1. The Balaban J connectivity index is 1.76. The lowest BCUT2D eigenvalue weighted by molar-refractivity contribution is -0.139. The SMILES string of the molecule is Cc1cn[nH]c1[C@@H]1CCCCN1C(=O)CN1C(=O)CNC1=O. The lowest BCUT2D eigenvalue weighted by atomic mass is 9.97. The molecule has 2 aliphatic rings. The van der Waals surface area contributed by atoms with E-state index in [-0.39, 0.29) is 30.9 Å². The Morgan fingerprint density at radius 3 is 2.86 bits per heavy atom. The molecule has 3 heterocycles. The van der Waals surface area contributed by atoms with Gasteiger partial charge in [-0.15, -0.1) is 0 Å². The Morgan fingerprint density at radius 1 is 1.41 bits per heavy atom. The first-order valence-corrected chi connectivity index (χ1v) is 7.45. The Kier molecular flexibility index (Phi) is 3.82. The molecule has 0 aromatic carbocycles. The molecule has 0 spiro atoms. The van der Waals surface area contributed by atoms with Crippen LogP contribution in [-0.4, -0.2) is 57.5 Å². The topological polar surface area (TPSA) is 98.4 Å². The van der Waals surface area contributed by atoms with Crippen LogP contribution >= 0.6 is 0 Å². The number of hydrogen-bond acceptors (Lipinski definition) is 4. The van der Waals surface area contributed by atoms with Crippen LogP contribution in [-0.2, 0) is 9.59 Å². The van der Waals surface area contributed by atoms with Crippen molar-refractivity contribution in [1.29, 1.82) is 0 Å². The number of urea groups is 1. The number of imide groups is 1. The summed E-state index contributed by atoms with van der Waals surface area (Å²) >= 11 is 0. The highest BCUT2D eigenvalue weighted by Crippen LogP contribution is 2.31. The van der Waals surface area contributed by atoms with Gasteiger partial charge in [0.15, 0.2) is 0 Å². The van der Waals surface area contributed by atoms with Gasteiger partial charge >= 0.3 is 6.03 Å². The van der Waals surface area contributed by atoms with E-state index in [2.05, 4.69) is 15.5 Å². The molecule has 2 aliphatic heterocycles. The largest absolute Gasteiger partial charge is 0.333 e. The number of hydrogen-bond donors (Lipinski definition) is 2. The summed E-state index contributed by atoms with van der Waals surface area (Å²) in [6.45, 7) is 2.35. The van der Waals surface area contributed by atoms with Crippen molar-refractivity contribution in [2.24, 2.45) is 0 Å². The van der Waals surface area contributed by atoms with Gasteiger partial charge < -0.3 is 10.2 Å². The van der Waals surface area contributed by atoms with Gasteiger partial charge in [0.05, 0.1) is 24.5 Å². The fourth-order valence-electron chi connectivity index (χ4n) is 3.07. The summed E-state index contributed by atoms with van der Waals surface area (Å²) in [5.41, 5.74) is 1.95. The Labute approximate surface area is 127 Å². The van der Waals surface area contributed by atoms with Crippen molar-refractivity contribution in [1.82, 2.24) is 25.3 Å². The standard InChI is InChI=1S/C14H19N5O3/c1-9-6-16-17-13(9)10-4-2-3-5-18(10)12(21)8-19-11(20)7-15-14(19)22/h6,10H,2-5,7-8H2,1H3,(H,15,22)(H,16,17)/t10-/m0/s1. The van der Waals surface area contributed by atoms with E-state index in [1.54, 1.807) is 11.1 Å². The Bertz CT molecular complexity index is 595. The Morgan fingerprint density at radius 2 is 2.23 bits per heavy atom. The fourth-order valence-corrected chi connectivity index (χ4v) is 3.07. The summed E-state index contributed by atoms with van der Waals surface area (Å²) in [7, 11) is 0. The predicted molar refractivity (Wildman–Crippen MR) is 76.7 cm³/mol. The lowest BCUT2D eigenvalue weighted by Crippen LogP contribution is -2.46. The van der Waals surface area contributed by atoms with Gasteiger partial charge in [0.1, 0.15) is 6.54 Å². The summed E-state index contributed by atoms with van der Waals surface area (Å²) in [6.07, 6.45) is 4.56. The summed E-state index contributed by atoms with van der Waals surface area (Å²) in [5.74, 6) is -0.561. The molecular formula is C14H19N5O3. The molecule has 2 N–H and O–H groups in total. The van der Waals surface area contributed by atoms with E-state index in [0.717, 1.165) is 35.4 Å². The van der Waals surface area contributed by atoms with Gasteiger partial charge in [-0.25, -0.2) is 4.79 Å².